The van der Waals surface area contributed by atoms with E-state index in [-0.39, 0.29) is 18.2 Å². The van der Waals surface area contributed by atoms with Crippen LogP contribution in [0.5, 0.6) is 0 Å². The summed E-state index contributed by atoms with van der Waals surface area (Å²) in [4.78, 5) is 20.0. The highest BCUT2D eigenvalue weighted by Gasteiger charge is 2.09. The zero-order valence-corrected chi connectivity index (χ0v) is 18.5. The summed E-state index contributed by atoms with van der Waals surface area (Å²) in [6.07, 6.45) is 5.89. The van der Waals surface area contributed by atoms with E-state index in [1.54, 1.807) is 25.5 Å². The second-order valence-electron chi connectivity index (χ2n) is 6.86. The number of carbonyl (C=O) groups is 1. The average molecular weight is 464 g/mol. The molecule has 31 heavy (non-hydrogen) atoms. The molecule has 0 unspecified atom stereocenters. The van der Waals surface area contributed by atoms with Gasteiger partial charge in [-0.3, -0.25) is 9.48 Å². The first kappa shape index (κ1) is 22.5. The monoisotopic (exact) mass is 463 g/mol. The molecule has 3 aromatic rings. The minimum absolute atomic E-state index is 0.0171. The van der Waals surface area contributed by atoms with Gasteiger partial charge in [0.1, 0.15) is 11.6 Å². The first-order valence-electron chi connectivity index (χ1n) is 9.24. The average Bonchev–Trinajstić information content (AvgIpc) is 3.14. The number of benzene rings is 1. The normalized spacial score (nSPS) is 11.2. The lowest BCUT2D eigenvalue weighted by molar-refractivity contribution is -0.121. The van der Waals surface area contributed by atoms with Crippen molar-refractivity contribution in [1.29, 1.82) is 0 Å². The molecule has 0 aliphatic rings. The number of rotatable bonds is 9. The predicted molar refractivity (Wildman–Crippen MR) is 119 cm³/mol. The van der Waals surface area contributed by atoms with E-state index in [0.717, 1.165) is 5.56 Å². The van der Waals surface area contributed by atoms with Crippen LogP contribution in [0, 0.1) is 0 Å². The number of likely N-dealkylation sites (N-methyl/N-ethyl adjacent to an activating group) is 1. The number of sulfone groups is 1. The van der Waals surface area contributed by atoms with Crippen molar-refractivity contribution in [2.45, 2.75) is 18.8 Å². The van der Waals surface area contributed by atoms with Crippen LogP contribution in [0.15, 0.2) is 42.9 Å². The third kappa shape index (κ3) is 6.93. The summed E-state index contributed by atoms with van der Waals surface area (Å²) >= 11 is 6.21. The highest BCUT2D eigenvalue weighted by Crippen LogP contribution is 2.22. The second kappa shape index (κ2) is 9.75. The van der Waals surface area contributed by atoms with Crippen molar-refractivity contribution < 1.29 is 13.2 Å². The van der Waals surface area contributed by atoms with Gasteiger partial charge in [0.25, 0.3) is 0 Å². The molecule has 3 N–H and O–H groups in total. The first-order valence-corrected chi connectivity index (χ1v) is 11.7. The molecule has 0 saturated heterocycles. The number of carbonyl (C=O) groups excluding carboxylic acids is 1. The summed E-state index contributed by atoms with van der Waals surface area (Å²) < 4.78 is 24.5. The van der Waals surface area contributed by atoms with Gasteiger partial charge in [-0.1, -0.05) is 35.9 Å². The van der Waals surface area contributed by atoms with Crippen molar-refractivity contribution in [2.75, 3.05) is 23.9 Å². The molecule has 0 atom stereocenters. The Balaban J connectivity index is 1.66. The van der Waals surface area contributed by atoms with Crippen LogP contribution >= 0.6 is 11.6 Å². The van der Waals surface area contributed by atoms with Crippen LogP contribution in [0.4, 0.5) is 17.5 Å². The van der Waals surface area contributed by atoms with E-state index in [1.165, 1.54) is 17.1 Å². The Labute approximate surface area is 185 Å². The second-order valence-corrected chi connectivity index (χ2v) is 9.41. The fourth-order valence-corrected chi connectivity index (χ4v) is 3.68. The highest BCUT2D eigenvalue weighted by molar-refractivity contribution is 7.89. The van der Waals surface area contributed by atoms with E-state index in [1.807, 2.05) is 18.2 Å². The fraction of sp³-hybridized carbons (Fsp3) is 0.263. The lowest BCUT2D eigenvalue weighted by atomic mass is 10.1. The number of aromatic nitrogens is 4. The smallest absolute Gasteiger partial charge is 0.241 e. The topological polar surface area (TPSA) is 131 Å². The molecule has 3 rings (SSSR count). The van der Waals surface area contributed by atoms with Gasteiger partial charge < -0.3 is 16.0 Å². The van der Waals surface area contributed by atoms with Gasteiger partial charge in [-0.15, -0.1) is 0 Å². The maximum atomic E-state index is 11.5. The van der Waals surface area contributed by atoms with Crippen LogP contribution in [0.25, 0.3) is 0 Å². The van der Waals surface area contributed by atoms with Gasteiger partial charge in [0, 0.05) is 26.0 Å². The summed E-state index contributed by atoms with van der Waals surface area (Å²) in [5.74, 6) is 0.545. The van der Waals surface area contributed by atoms with E-state index >= 15 is 0 Å². The Morgan fingerprint density at radius 3 is 2.74 bits per heavy atom. The minimum atomic E-state index is -3.11. The molecular weight excluding hydrogens is 442 g/mol. The number of anilines is 3. The molecule has 0 radical (unpaired) electrons. The van der Waals surface area contributed by atoms with Gasteiger partial charge >= 0.3 is 0 Å². The SMILES string of the molecule is CNC(=O)Cn1cc(Nc2ncc(Cl)c(NCc3cccc(CS(C)(=O)=O)c3)n2)cn1. The van der Waals surface area contributed by atoms with Crippen molar-refractivity contribution in [1.82, 2.24) is 25.1 Å². The molecule has 0 spiro atoms. The van der Waals surface area contributed by atoms with Crippen LogP contribution in [0.1, 0.15) is 11.1 Å². The summed E-state index contributed by atoms with van der Waals surface area (Å²) in [6.45, 7) is 0.503. The van der Waals surface area contributed by atoms with Crippen molar-refractivity contribution in [3.8, 4) is 0 Å². The number of nitrogens with zero attached hydrogens (tertiary/aromatic N) is 4. The van der Waals surface area contributed by atoms with Gasteiger partial charge in [-0.25, -0.2) is 13.4 Å². The molecule has 0 fully saturated rings. The van der Waals surface area contributed by atoms with Crippen LogP contribution in [0.3, 0.4) is 0 Å². The molecule has 0 bridgehead atoms. The highest BCUT2D eigenvalue weighted by atomic mass is 35.5. The summed E-state index contributed by atoms with van der Waals surface area (Å²) in [7, 11) is -1.55. The summed E-state index contributed by atoms with van der Waals surface area (Å²) in [5.41, 5.74) is 2.22. The van der Waals surface area contributed by atoms with Crippen molar-refractivity contribution in [2.24, 2.45) is 0 Å². The molecule has 2 aromatic heterocycles. The van der Waals surface area contributed by atoms with Crippen molar-refractivity contribution >= 4 is 44.8 Å². The molecule has 0 aliphatic carbocycles. The van der Waals surface area contributed by atoms with Crippen molar-refractivity contribution in [3.05, 3.63) is 59.0 Å². The zero-order chi connectivity index (χ0) is 22.4. The Kier molecular flexibility index (Phi) is 7.08. The van der Waals surface area contributed by atoms with E-state index in [0.29, 0.717) is 34.6 Å². The zero-order valence-electron chi connectivity index (χ0n) is 17.0. The lowest BCUT2D eigenvalue weighted by Crippen LogP contribution is -2.23. The molecule has 12 heteroatoms. The summed E-state index contributed by atoms with van der Waals surface area (Å²) in [6, 6.07) is 7.29. The Morgan fingerprint density at radius 2 is 2.00 bits per heavy atom. The maximum Gasteiger partial charge on any atom is 0.241 e. The van der Waals surface area contributed by atoms with Crippen LogP contribution < -0.4 is 16.0 Å². The molecular formula is C19H22ClN7O3S. The number of nitrogens with one attached hydrogen (secondary N) is 3. The Hall–Kier alpha value is -3.18. The first-order chi connectivity index (χ1) is 14.7. The predicted octanol–water partition coefficient (Wildman–Crippen LogP) is 1.97. The number of amides is 1. The van der Waals surface area contributed by atoms with Gasteiger partial charge in [-0.2, -0.15) is 10.1 Å². The van der Waals surface area contributed by atoms with Crippen LogP contribution in [-0.4, -0.2) is 47.4 Å². The van der Waals surface area contributed by atoms with E-state index in [9.17, 15) is 13.2 Å². The third-order valence-corrected chi connectivity index (χ3v) is 5.23. The Morgan fingerprint density at radius 1 is 1.23 bits per heavy atom. The molecule has 1 amide bonds. The largest absolute Gasteiger partial charge is 0.365 e. The minimum Gasteiger partial charge on any atom is -0.365 e. The molecule has 0 aliphatic heterocycles. The maximum absolute atomic E-state index is 11.5. The molecule has 164 valence electrons. The van der Waals surface area contributed by atoms with E-state index < -0.39 is 9.84 Å². The number of halogens is 1. The quantitative estimate of drug-likeness (QED) is 0.439. The summed E-state index contributed by atoms with van der Waals surface area (Å²) in [5, 5.41) is 13.1. The number of hydrogen-bond acceptors (Lipinski definition) is 8. The van der Waals surface area contributed by atoms with Crippen molar-refractivity contribution in [3.63, 3.8) is 0 Å². The van der Waals surface area contributed by atoms with Gasteiger partial charge in [0.15, 0.2) is 15.7 Å². The standard InChI is InChI=1S/C19H22ClN7O3S/c1-21-17(28)11-27-10-15(8-24-27)25-19-23-9-16(20)18(26-19)22-7-13-4-3-5-14(6-13)12-31(2,29)30/h3-6,8-10H,7,11-12H2,1-2H3,(H,21,28)(H2,22,23,25,26). The lowest BCUT2D eigenvalue weighted by Gasteiger charge is -2.10. The fourth-order valence-electron chi connectivity index (χ4n) is 2.74. The van der Waals surface area contributed by atoms with Crippen LogP contribution in [-0.2, 0) is 33.5 Å². The van der Waals surface area contributed by atoms with E-state index in [2.05, 4.69) is 31.0 Å². The third-order valence-electron chi connectivity index (χ3n) is 4.10. The van der Waals surface area contributed by atoms with Gasteiger partial charge in [0.2, 0.25) is 11.9 Å². The molecule has 1 aromatic carbocycles. The van der Waals surface area contributed by atoms with Crippen LogP contribution in [0.2, 0.25) is 5.02 Å². The van der Waals surface area contributed by atoms with E-state index in [4.69, 9.17) is 11.6 Å². The molecule has 0 saturated carbocycles. The van der Waals surface area contributed by atoms with Gasteiger partial charge in [0.05, 0.1) is 23.8 Å². The number of hydrogen-bond donors (Lipinski definition) is 3. The molecule has 10 nitrogen and oxygen atoms in total. The van der Waals surface area contributed by atoms with Gasteiger partial charge in [-0.05, 0) is 11.1 Å². The molecule has 2 heterocycles. The Bertz CT molecular complexity index is 1180.